The number of nitrogens with zero attached hydrogens (tertiary/aromatic N) is 1. The summed E-state index contributed by atoms with van der Waals surface area (Å²) in [5, 5.41) is 0. The van der Waals surface area contributed by atoms with Crippen LogP contribution in [0.5, 0.6) is 0 Å². The lowest BCUT2D eigenvalue weighted by atomic mass is 10.1. The van der Waals surface area contributed by atoms with Crippen molar-refractivity contribution < 1.29 is 9.18 Å². The van der Waals surface area contributed by atoms with E-state index in [1.54, 1.807) is 13.0 Å². The third-order valence-corrected chi connectivity index (χ3v) is 3.04. The van der Waals surface area contributed by atoms with Gasteiger partial charge in [-0.05, 0) is 50.5 Å². The monoisotopic (exact) mass is 253 g/mol. The minimum atomic E-state index is -0.128. The summed E-state index contributed by atoms with van der Waals surface area (Å²) >= 11 is 0. The van der Waals surface area contributed by atoms with Gasteiger partial charge in [0, 0.05) is 18.8 Å². The van der Waals surface area contributed by atoms with Gasteiger partial charge in [-0.15, -0.1) is 0 Å². The Morgan fingerprint density at radius 1 is 1.33 bits per heavy atom. The molecule has 102 valence electrons. The molecule has 0 atom stereocenters. The second-order valence-electron chi connectivity index (χ2n) is 4.25. The van der Waals surface area contributed by atoms with E-state index in [1.807, 2.05) is 12.1 Å². The second-order valence-corrected chi connectivity index (χ2v) is 4.25. The van der Waals surface area contributed by atoms with Crippen LogP contribution in [0.3, 0.4) is 0 Å². The Hall–Kier alpha value is -1.38. The fourth-order valence-corrected chi connectivity index (χ4v) is 1.90. The fourth-order valence-electron chi connectivity index (χ4n) is 1.90. The number of carbonyl (C=O) groups is 1. The topological polar surface area (TPSA) is 20.3 Å². The first-order valence-corrected chi connectivity index (χ1v) is 6.40. The number of aryl methyl sites for hydroxylation is 1. The predicted octanol–water partition coefficient (Wildman–Crippen LogP) is 3.96. The molecule has 1 aromatic carbocycles. The molecule has 0 aliphatic heterocycles. The van der Waals surface area contributed by atoms with Crippen molar-refractivity contribution in [1.29, 1.82) is 0 Å². The first-order valence-electron chi connectivity index (χ1n) is 6.40. The molecule has 0 bridgehead atoms. The Morgan fingerprint density at radius 2 is 1.83 bits per heavy atom. The molecule has 0 N–H and O–H groups in total. The Balaban J connectivity index is 0.000000873. The molecule has 0 saturated carbocycles. The van der Waals surface area contributed by atoms with Gasteiger partial charge < -0.3 is 9.69 Å². The van der Waals surface area contributed by atoms with Crippen LogP contribution < -0.4 is 4.90 Å². The van der Waals surface area contributed by atoms with Gasteiger partial charge in [-0.3, -0.25) is 0 Å². The summed E-state index contributed by atoms with van der Waals surface area (Å²) in [6, 6.07) is 5.84. The van der Waals surface area contributed by atoms with E-state index in [4.69, 9.17) is 4.79 Å². The molecular formula is C15H24FNO. The Bertz CT molecular complexity index is 362. The van der Waals surface area contributed by atoms with Gasteiger partial charge in [-0.1, -0.05) is 13.8 Å². The zero-order valence-electron chi connectivity index (χ0n) is 12.0. The maximum Gasteiger partial charge on any atom is 0.126 e. The lowest BCUT2D eigenvalue weighted by molar-refractivity contribution is -0.106. The van der Waals surface area contributed by atoms with Crippen LogP contribution in [-0.4, -0.2) is 19.4 Å². The first-order chi connectivity index (χ1) is 8.51. The molecule has 1 aromatic rings. The van der Waals surface area contributed by atoms with Crippen molar-refractivity contribution in [1.82, 2.24) is 0 Å². The summed E-state index contributed by atoms with van der Waals surface area (Å²) in [6.45, 7) is 7.61. The third kappa shape index (κ3) is 4.86. The summed E-state index contributed by atoms with van der Waals surface area (Å²) in [5.41, 5.74) is 1.81. The quantitative estimate of drug-likeness (QED) is 0.757. The third-order valence-electron chi connectivity index (χ3n) is 3.04. The summed E-state index contributed by atoms with van der Waals surface area (Å²) in [5.74, 6) is -0.128. The first kappa shape index (κ1) is 16.6. The minimum absolute atomic E-state index is 0.128. The fraction of sp³-hybridized carbons (Fsp3) is 0.533. The maximum absolute atomic E-state index is 13.1. The molecule has 0 aliphatic rings. The van der Waals surface area contributed by atoms with Crippen molar-refractivity contribution in [2.75, 3.05) is 11.9 Å². The van der Waals surface area contributed by atoms with E-state index in [0.717, 1.165) is 24.8 Å². The lowest BCUT2D eigenvalue weighted by Crippen LogP contribution is -2.30. The number of anilines is 1. The van der Waals surface area contributed by atoms with Crippen molar-refractivity contribution in [3.05, 3.63) is 29.6 Å². The molecule has 0 radical (unpaired) electrons. The van der Waals surface area contributed by atoms with Gasteiger partial charge in [0.15, 0.2) is 0 Å². The summed E-state index contributed by atoms with van der Waals surface area (Å²) in [7, 11) is 2.07. The highest BCUT2D eigenvalue weighted by atomic mass is 19.1. The molecule has 0 heterocycles. The number of benzene rings is 1. The van der Waals surface area contributed by atoms with Crippen LogP contribution in [0.1, 0.15) is 39.2 Å². The Labute approximate surface area is 110 Å². The van der Waals surface area contributed by atoms with Crippen LogP contribution in [0, 0.1) is 12.7 Å². The standard InChI is InChI=1S/C13H20FN.C2H4O/c1-5-11(6-2)15(4)12-7-8-13(14)10(3)9-12;1-2-3/h7-9,11H,5-6H2,1-4H3;2H,1H3. The molecular weight excluding hydrogens is 229 g/mol. The highest BCUT2D eigenvalue weighted by Crippen LogP contribution is 2.21. The Kier molecular flexibility index (Phi) is 8.01. The van der Waals surface area contributed by atoms with Crippen molar-refractivity contribution in [3.8, 4) is 0 Å². The molecule has 0 fully saturated rings. The van der Waals surface area contributed by atoms with E-state index < -0.39 is 0 Å². The van der Waals surface area contributed by atoms with Gasteiger partial charge in [0.25, 0.3) is 0 Å². The SMILES string of the molecule is CC=O.CCC(CC)N(C)c1ccc(F)c(C)c1. The zero-order chi connectivity index (χ0) is 14.1. The molecule has 0 saturated heterocycles. The molecule has 18 heavy (non-hydrogen) atoms. The van der Waals surface area contributed by atoms with E-state index in [-0.39, 0.29) is 5.82 Å². The largest absolute Gasteiger partial charge is 0.372 e. The molecule has 1 rings (SSSR count). The predicted molar refractivity (Wildman–Crippen MR) is 75.6 cm³/mol. The smallest absolute Gasteiger partial charge is 0.126 e. The second kappa shape index (κ2) is 8.67. The van der Waals surface area contributed by atoms with Gasteiger partial charge in [0.2, 0.25) is 0 Å². The number of aldehydes is 1. The van der Waals surface area contributed by atoms with E-state index in [9.17, 15) is 4.39 Å². The molecule has 0 aromatic heterocycles. The van der Waals surface area contributed by atoms with Gasteiger partial charge in [0.1, 0.15) is 12.1 Å². The summed E-state index contributed by atoms with van der Waals surface area (Å²) in [4.78, 5) is 11.0. The van der Waals surface area contributed by atoms with Crippen LogP contribution in [0.2, 0.25) is 0 Å². The summed E-state index contributed by atoms with van der Waals surface area (Å²) in [6.07, 6.45) is 2.98. The van der Waals surface area contributed by atoms with E-state index in [0.29, 0.717) is 11.6 Å². The molecule has 0 amide bonds. The molecule has 0 spiro atoms. The van der Waals surface area contributed by atoms with Gasteiger partial charge >= 0.3 is 0 Å². The van der Waals surface area contributed by atoms with E-state index >= 15 is 0 Å². The molecule has 0 aliphatic carbocycles. The Morgan fingerprint density at radius 3 is 2.22 bits per heavy atom. The zero-order valence-corrected chi connectivity index (χ0v) is 12.0. The summed E-state index contributed by atoms with van der Waals surface area (Å²) < 4.78 is 13.1. The van der Waals surface area contributed by atoms with Crippen LogP contribution in [0.4, 0.5) is 10.1 Å². The molecule has 0 unspecified atom stereocenters. The van der Waals surface area contributed by atoms with Crippen molar-refractivity contribution in [2.24, 2.45) is 0 Å². The van der Waals surface area contributed by atoms with Crippen molar-refractivity contribution >= 4 is 12.0 Å². The highest BCUT2D eigenvalue weighted by molar-refractivity contribution is 5.49. The lowest BCUT2D eigenvalue weighted by Gasteiger charge is -2.28. The van der Waals surface area contributed by atoms with Crippen molar-refractivity contribution in [2.45, 2.75) is 46.6 Å². The number of rotatable bonds is 4. The van der Waals surface area contributed by atoms with Crippen LogP contribution in [0.25, 0.3) is 0 Å². The van der Waals surface area contributed by atoms with Crippen LogP contribution in [-0.2, 0) is 4.79 Å². The number of halogens is 1. The maximum atomic E-state index is 13.1. The van der Waals surface area contributed by atoms with Gasteiger partial charge in [-0.2, -0.15) is 0 Å². The molecule has 2 nitrogen and oxygen atoms in total. The van der Waals surface area contributed by atoms with E-state index in [2.05, 4.69) is 25.8 Å². The van der Waals surface area contributed by atoms with Gasteiger partial charge in [0.05, 0.1) is 0 Å². The van der Waals surface area contributed by atoms with Gasteiger partial charge in [-0.25, -0.2) is 4.39 Å². The minimum Gasteiger partial charge on any atom is -0.372 e. The van der Waals surface area contributed by atoms with Crippen LogP contribution >= 0.6 is 0 Å². The average Bonchev–Trinajstić information content (AvgIpc) is 2.35. The van der Waals surface area contributed by atoms with Crippen LogP contribution in [0.15, 0.2) is 18.2 Å². The highest BCUT2D eigenvalue weighted by Gasteiger charge is 2.11. The number of carbonyl (C=O) groups excluding carboxylic acids is 1. The molecule has 3 heteroatoms. The van der Waals surface area contributed by atoms with Crippen molar-refractivity contribution in [3.63, 3.8) is 0 Å². The van der Waals surface area contributed by atoms with E-state index in [1.165, 1.54) is 6.92 Å². The average molecular weight is 253 g/mol. The number of hydrogen-bond acceptors (Lipinski definition) is 2. The number of hydrogen-bond donors (Lipinski definition) is 0. The normalized spacial score (nSPS) is 9.72.